The van der Waals surface area contributed by atoms with Crippen LogP contribution in [0.5, 0.6) is 0 Å². The molecule has 2 aromatic rings. The summed E-state index contributed by atoms with van der Waals surface area (Å²) in [6.45, 7) is 4.08. The molecule has 3 rings (SSSR count). The second-order valence-electron chi connectivity index (χ2n) is 5.26. The predicted molar refractivity (Wildman–Crippen MR) is 74.4 cm³/mol. The predicted octanol–water partition coefficient (Wildman–Crippen LogP) is 2.13. The van der Waals surface area contributed by atoms with Crippen molar-refractivity contribution in [1.82, 2.24) is 15.5 Å². The SMILES string of the molecule is COC(c1ccccc1)c1noc([C@@H]2CNC[C@H]2C)n1. The smallest absolute Gasteiger partial charge is 0.231 e. The molecule has 2 heterocycles. The van der Waals surface area contributed by atoms with E-state index in [0.29, 0.717) is 23.6 Å². The summed E-state index contributed by atoms with van der Waals surface area (Å²) in [6, 6.07) is 9.94. The lowest BCUT2D eigenvalue weighted by atomic mass is 9.98. The molecule has 1 aliphatic heterocycles. The van der Waals surface area contributed by atoms with E-state index in [-0.39, 0.29) is 6.10 Å². The topological polar surface area (TPSA) is 60.2 Å². The molecule has 1 saturated heterocycles. The van der Waals surface area contributed by atoms with Gasteiger partial charge in [-0.3, -0.25) is 0 Å². The molecule has 1 aliphatic rings. The summed E-state index contributed by atoms with van der Waals surface area (Å²) >= 11 is 0. The molecule has 1 fully saturated rings. The van der Waals surface area contributed by atoms with Gasteiger partial charge < -0.3 is 14.6 Å². The van der Waals surface area contributed by atoms with Crippen LogP contribution in [0.3, 0.4) is 0 Å². The fourth-order valence-electron chi connectivity index (χ4n) is 2.66. The summed E-state index contributed by atoms with van der Waals surface area (Å²) in [5.74, 6) is 2.11. The zero-order valence-electron chi connectivity index (χ0n) is 11.7. The van der Waals surface area contributed by atoms with E-state index in [2.05, 4.69) is 22.4 Å². The Morgan fingerprint density at radius 2 is 2.10 bits per heavy atom. The Balaban J connectivity index is 1.85. The zero-order valence-corrected chi connectivity index (χ0v) is 11.7. The molecule has 0 spiro atoms. The van der Waals surface area contributed by atoms with Crippen LogP contribution >= 0.6 is 0 Å². The Bertz CT molecular complexity index is 555. The standard InChI is InChI=1S/C15H19N3O2/c1-10-8-16-9-12(10)15-17-14(18-20-15)13(19-2)11-6-4-3-5-7-11/h3-7,10,12-13,16H,8-9H2,1-2H3/t10-,12-,13?/m1/s1. The van der Waals surface area contributed by atoms with Crippen LogP contribution in [0.15, 0.2) is 34.9 Å². The van der Waals surface area contributed by atoms with Crippen LogP contribution in [0.4, 0.5) is 0 Å². The molecule has 0 bridgehead atoms. The molecule has 1 aromatic heterocycles. The third kappa shape index (κ3) is 2.46. The van der Waals surface area contributed by atoms with Crippen molar-refractivity contribution in [2.24, 2.45) is 5.92 Å². The number of hydrogen-bond donors (Lipinski definition) is 1. The molecule has 5 nitrogen and oxygen atoms in total. The van der Waals surface area contributed by atoms with Crippen molar-refractivity contribution in [2.45, 2.75) is 18.9 Å². The lowest BCUT2D eigenvalue weighted by Gasteiger charge is -2.11. The minimum absolute atomic E-state index is 0.279. The third-order valence-corrected chi connectivity index (χ3v) is 3.86. The number of methoxy groups -OCH3 is 1. The summed E-state index contributed by atoms with van der Waals surface area (Å²) in [7, 11) is 1.66. The molecule has 1 aromatic carbocycles. The molecule has 0 saturated carbocycles. The highest BCUT2D eigenvalue weighted by Gasteiger charge is 2.31. The molecule has 106 valence electrons. The van der Waals surface area contributed by atoms with Crippen LogP contribution < -0.4 is 5.32 Å². The van der Waals surface area contributed by atoms with E-state index in [1.165, 1.54) is 0 Å². The quantitative estimate of drug-likeness (QED) is 0.924. The van der Waals surface area contributed by atoms with Crippen LogP contribution in [0.25, 0.3) is 0 Å². The first-order valence-electron chi connectivity index (χ1n) is 6.91. The first-order valence-corrected chi connectivity index (χ1v) is 6.91. The third-order valence-electron chi connectivity index (χ3n) is 3.86. The second kappa shape index (κ2) is 5.73. The minimum Gasteiger partial charge on any atom is -0.369 e. The Labute approximate surface area is 118 Å². The number of benzene rings is 1. The fraction of sp³-hybridized carbons (Fsp3) is 0.467. The van der Waals surface area contributed by atoms with Gasteiger partial charge in [0.2, 0.25) is 11.7 Å². The van der Waals surface area contributed by atoms with E-state index in [1.807, 2.05) is 30.3 Å². The van der Waals surface area contributed by atoms with Gasteiger partial charge in [-0.1, -0.05) is 42.4 Å². The van der Waals surface area contributed by atoms with Crippen molar-refractivity contribution < 1.29 is 9.26 Å². The molecule has 3 atom stereocenters. The van der Waals surface area contributed by atoms with Crippen LogP contribution in [-0.4, -0.2) is 30.3 Å². The zero-order chi connectivity index (χ0) is 13.9. The number of aromatic nitrogens is 2. The van der Waals surface area contributed by atoms with Crippen molar-refractivity contribution in [1.29, 1.82) is 0 Å². The Kier molecular flexibility index (Phi) is 3.80. The van der Waals surface area contributed by atoms with Crippen molar-refractivity contribution >= 4 is 0 Å². The van der Waals surface area contributed by atoms with Gasteiger partial charge in [0.25, 0.3) is 0 Å². The van der Waals surface area contributed by atoms with Gasteiger partial charge in [0.15, 0.2) is 0 Å². The number of hydrogen-bond acceptors (Lipinski definition) is 5. The van der Waals surface area contributed by atoms with Crippen LogP contribution in [0, 0.1) is 5.92 Å². The van der Waals surface area contributed by atoms with Crippen LogP contribution in [0.2, 0.25) is 0 Å². The van der Waals surface area contributed by atoms with Crippen molar-refractivity contribution in [3.8, 4) is 0 Å². The molecular formula is C15H19N3O2. The van der Waals surface area contributed by atoms with E-state index in [0.717, 1.165) is 18.7 Å². The molecule has 20 heavy (non-hydrogen) atoms. The summed E-state index contributed by atoms with van der Waals surface area (Å²) in [5.41, 5.74) is 1.03. The van der Waals surface area contributed by atoms with Gasteiger partial charge in [-0.25, -0.2) is 0 Å². The van der Waals surface area contributed by atoms with Crippen molar-refractivity contribution in [3.05, 3.63) is 47.6 Å². The van der Waals surface area contributed by atoms with Crippen LogP contribution in [0.1, 0.15) is 36.2 Å². The monoisotopic (exact) mass is 273 g/mol. The molecule has 0 aliphatic carbocycles. The van der Waals surface area contributed by atoms with E-state index in [9.17, 15) is 0 Å². The first kappa shape index (κ1) is 13.3. The van der Waals surface area contributed by atoms with Crippen molar-refractivity contribution in [3.63, 3.8) is 0 Å². The highest BCUT2D eigenvalue weighted by atomic mass is 16.5. The van der Waals surface area contributed by atoms with Gasteiger partial charge in [0.1, 0.15) is 6.10 Å². The molecule has 5 heteroatoms. The first-order chi connectivity index (χ1) is 9.79. The normalized spacial score (nSPS) is 23.9. The van der Waals surface area contributed by atoms with Gasteiger partial charge in [-0.15, -0.1) is 0 Å². The summed E-state index contributed by atoms with van der Waals surface area (Å²) in [5, 5.41) is 7.45. The average molecular weight is 273 g/mol. The van der Waals surface area contributed by atoms with Gasteiger partial charge in [0, 0.05) is 13.7 Å². The Hall–Kier alpha value is -1.72. The van der Waals surface area contributed by atoms with Gasteiger partial charge in [-0.05, 0) is 18.0 Å². The maximum Gasteiger partial charge on any atom is 0.231 e. The molecule has 0 amide bonds. The Morgan fingerprint density at radius 1 is 1.30 bits per heavy atom. The number of ether oxygens (including phenoxy) is 1. The number of nitrogens with one attached hydrogen (secondary N) is 1. The lowest BCUT2D eigenvalue weighted by Crippen LogP contribution is -2.09. The Morgan fingerprint density at radius 3 is 2.75 bits per heavy atom. The number of nitrogens with zero attached hydrogens (tertiary/aromatic N) is 2. The summed E-state index contributed by atoms with van der Waals surface area (Å²) in [6.07, 6.45) is -0.279. The largest absolute Gasteiger partial charge is 0.369 e. The van der Waals surface area contributed by atoms with E-state index < -0.39 is 0 Å². The fourth-order valence-corrected chi connectivity index (χ4v) is 2.66. The molecule has 1 N–H and O–H groups in total. The maximum absolute atomic E-state index is 5.52. The lowest BCUT2D eigenvalue weighted by molar-refractivity contribution is 0.126. The van der Waals surface area contributed by atoms with E-state index in [1.54, 1.807) is 7.11 Å². The molecular weight excluding hydrogens is 254 g/mol. The summed E-state index contributed by atoms with van der Waals surface area (Å²) in [4.78, 5) is 4.55. The van der Waals surface area contributed by atoms with Crippen LogP contribution in [-0.2, 0) is 4.74 Å². The minimum atomic E-state index is -0.279. The van der Waals surface area contributed by atoms with Gasteiger partial charge in [-0.2, -0.15) is 4.98 Å². The number of rotatable bonds is 4. The highest BCUT2D eigenvalue weighted by molar-refractivity contribution is 5.22. The van der Waals surface area contributed by atoms with E-state index >= 15 is 0 Å². The van der Waals surface area contributed by atoms with Crippen molar-refractivity contribution in [2.75, 3.05) is 20.2 Å². The molecule has 0 radical (unpaired) electrons. The highest BCUT2D eigenvalue weighted by Crippen LogP contribution is 2.29. The average Bonchev–Trinajstić information content (AvgIpc) is 3.10. The van der Waals surface area contributed by atoms with Gasteiger partial charge >= 0.3 is 0 Å². The van der Waals surface area contributed by atoms with E-state index in [4.69, 9.17) is 9.26 Å². The summed E-state index contributed by atoms with van der Waals surface area (Å²) < 4.78 is 11.0. The maximum atomic E-state index is 5.52. The van der Waals surface area contributed by atoms with Gasteiger partial charge in [0.05, 0.1) is 5.92 Å². The molecule has 1 unspecified atom stereocenters. The second-order valence-corrected chi connectivity index (χ2v) is 5.26.